The van der Waals surface area contributed by atoms with Gasteiger partial charge < -0.3 is 9.80 Å². The minimum atomic E-state index is -0.212. The van der Waals surface area contributed by atoms with Crippen LogP contribution in [0.3, 0.4) is 0 Å². The lowest BCUT2D eigenvalue weighted by Gasteiger charge is -2.44. The van der Waals surface area contributed by atoms with Crippen LogP contribution in [0.2, 0.25) is 5.02 Å². The quantitative estimate of drug-likeness (QED) is 0.434. The largest absolute Gasteiger partial charge is 0.338 e. The maximum absolute atomic E-state index is 13.2. The molecule has 2 saturated heterocycles. The second kappa shape index (κ2) is 11.0. The van der Waals surface area contributed by atoms with Crippen molar-refractivity contribution in [3.63, 3.8) is 0 Å². The normalized spacial score (nSPS) is 17.5. The van der Waals surface area contributed by atoms with Crippen molar-refractivity contribution in [2.24, 2.45) is 0 Å². The Hall–Kier alpha value is -1.98. The summed E-state index contributed by atoms with van der Waals surface area (Å²) >= 11 is 7.85. The topological polar surface area (TPSA) is 40.6 Å². The third kappa shape index (κ3) is 5.58. The van der Waals surface area contributed by atoms with Crippen molar-refractivity contribution >= 4 is 35.2 Å². The van der Waals surface area contributed by atoms with Crippen molar-refractivity contribution in [2.75, 3.05) is 25.4 Å². The van der Waals surface area contributed by atoms with Gasteiger partial charge in [-0.1, -0.05) is 49.9 Å². The minimum absolute atomic E-state index is 0.0611. The first kappa shape index (κ1) is 24.2. The highest BCUT2D eigenvalue weighted by atomic mass is 35.5. The second-order valence-corrected chi connectivity index (χ2v) is 11.0. The number of amides is 2. The molecule has 0 radical (unpaired) electrons. The van der Waals surface area contributed by atoms with E-state index in [1.165, 1.54) is 31.2 Å². The molecule has 6 heteroatoms. The number of rotatable bonds is 7. The molecule has 0 N–H and O–H groups in total. The van der Waals surface area contributed by atoms with E-state index in [4.69, 9.17) is 11.6 Å². The Labute approximate surface area is 206 Å². The zero-order valence-corrected chi connectivity index (χ0v) is 21.0. The molecule has 0 aliphatic carbocycles. The third-order valence-electron chi connectivity index (χ3n) is 6.87. The van der Waals surface area contributed by atoms with Crippen LogP contribution in [0.1, 0.15) is 71.7 Å². The van der Waals surface area contributed by atoms with E-state index in [0.717, 1.165) is 37.1 Å². The summed E-state index contributed by atoms with van der Waals surface area (Å²) in [6.07, 6.45) is 7.69. The molecule has 2 fully saturated rings. The zero-order valence-electron chi connectivity index (χ0n) is 19.4. The molecule has 0 atom stereocenters. The first-order valence-electron chi connectivity index (χ1n) is 12.1. The Morgan fingerprint density at radius 2 is 1.52 bits per heavy atom. The number of piperidine rings is 1. The predicted octanol–water partition coefficient (Wildman–Crippen LogP) is 6.28. The fraction of sp³-hybridized carbons (Fsp3) is 0.481. The van der Waals surface area contributed by atoms with Crippen molar-refractivity contribution < 1.29 is 9.59 Å². The van der Waals surface area contributed by atoms with Crippen LogP contribution in [-0.4, -0.2) is 51.9 Å². The van der Waals surface area contributed by atoms with Crippen molar-refractivity contribution in [3.8, 4) is 0 Å². The van der Waals surface area contributed by atoms with Gasteiger partial charge in [0.05, 0.1) is 4.87 Å². The fourth-order valence-electron chi connectivity index (χ4n) is 4.87. The molecule has 4 nitrogen and oxygen atoms in total. The number of nitrogens with zero attached hydrogens (tertiary/aromatic N) is 2. The number of benzene rings is 2. The van der Waals surface area contributed by atoms with E-state index in [2.05, 4.69) is 19.1 Å². The SMILES string of the molecule is CCCCCCc1ccc(C(=O)N2CCC3(CC2)SCCN3C(=O)c2ccc(Cl)cc2)cc1. The van der Waals surface area contributed by atoms with E-state index < -0.39 is 0 Å². The molecular formula is C27H33ClN2O2S. The summed E-state index contributed by atoms with van der Waals surface area (Å²) < 4.78 is 0. The third-order valence-corrected chi connectivity index (χ3v) is 8.67. The lowest BCUT2D eigenvalue weighted by molar-refractivity contribution is 0.0498. The number of hydrogen-bond acceptors (Lipinski definition) is 3. The zero-order chi connectivity index (χ0) is 23.3. The second-order valence-electron chi connectivity index (χ2n) is 9.06. The van der Waals surface area contributed by atoms with Crippen molar-refractivity contribution in [2.45, 2.75) is 56.7 Å². The summed E-state index contributed by atoms with van der Waals surface area (Å²) in [6, 6.07) is 15.3. The number of halogens is 1. The van der Waals surface area contributed by atoms with Gasteiger partial charge in [0.1, 0.15) is 0 Å². The van der Waals surface area contributed by atoms with Gasteiger partial charge in [-0.2, -0.15) is 0 Å². The van der Waals surface area contributed by atoms with E-state index in [9.17, 15) is 9.59 Å². The van der Waals surface area contributed by atoms with Gasteiger partial charge in [0.25, 0.3) is 11.8 Å². The van der Waals surface area contributed by atoms with Crippen LogP contribution in [0.25, 0.3) is 0 Å². The summed E-state index contributed by atoms with van der Waals surface area (Å²) in [5, 5.41) is 0.633. The summed E-state index contributed by atoms with van der Waals surface area (Å²) in [7, 11) is 0. The lowest BCUT2D eigenvalue weighted by Crippen LogP contribution is -2.53. The summed E-state index contributed by atoms with van der Waals surface area (Å²) in [6.45, 7) is 4.33. The first-order valence-corrected chi connectivity index (χ1v) is 13.5. The van der Waals surface area contributed by atoms with Crippen molar-refractivity contribution in [1.29, 1.82) is 0 Å². The van der Waals surface area contributed by atoms with Gasteiger partial charge in [0.15, 0.2) is 0 Å². The van der Waals surface area contributed by atoms with Crippen molar-refractivity contribution in [3.05, 3.63) is 70.2 Å². The Balaban J connectivity index is 1.35. The van der Waals surface area contributed by atoms with Gasteiger partial charge in [0.2, 0.25) is 0 Å². The molecule has 4 rings (SSSR count). The molecule has 2 aromatic carbocycles. The number of aryl methyl sites for hydroxylation is 1. The average Bonchev–Trinajstić information content (AvgIpc) is 3.25. The van der Waals surface area contributed by atoms with E-state index in [1.807, 2.05) is 33.7 Å². The van der Waals surface area contributed by atoms with Gasteiger partial charge in [-0.15, -0.1) is 11.8 Å². The molecule has 1 spiro atoms. The van der Waals surface area contributed by atoms with Gasteiger partial charge in [-0.05, 0) is 67.6 Å². The Morgan fingerprint density at radius 1 is 0.879 bits per heavy atom. The van der Waals surface area contributed by atoms with E-state index in [0.29, 0.717) is 23.7 Å². The highest BCUT2D eigenvalue weighted by Gasteiger charge is 2.47. The first-order chi connectivity index (χ1) is 16.0. The Bertz CT molecular complexity index is 953. The summed E-state index contributed by atoms with van der Waals surface area (Å²) in [4.78, 5) is 30.1. The molecule has 2 aromatic rings. The van der Waals surface area contributed by atoms with Crippen LogP contribution in [-0.2, 0) is 6.42 Å². The monoisotopic (exact) mass is 484 g/mol. The molecule has 0 unspecified atom stereocenters. The van der Waals surface area contributed by atoms with E-state index in [1.54, 1.807) is 24.3 Å². The number of thioether (sulfide) groups is 1. The highest BCUT2D eigenvalue weighted by molar-refractivity contribution is 8.00. The number of likely N-dealkylation sites (tertiary alicyclic amines) is 1. The molecule has 33 heavy (non-hydrogen) atoms. The smallest absolute Gasteiger partial charge is 0.254 e. The van der Waals surface area contributed by atoms with Crippen LogP contribution in [0.5, 0.6) is 0 Å². The maximum Gasteiger partial charge on any atom is 0.254 e. The average molecular weight is 485 g/mol. The lowest BCUT2D eigenvalue weighted by atomic mass is 9.99. The van der Waals surface area contributed by atoms with Gasteiger partial charge in [0, 0.05) is 41.5 Å². The van der Waals surface area contributed by atoms with Crippen LogP contribution in [0, 0.1) is 0 Å². The summed E-state index contributed by atoms with van der Waals surface area (Å²) in [5.74, 6) is 1.10. The molecule has 176 valence electrons. The number of carbonyl (C=O) groups is 2. The molecule has 0 aromatic heterocycles. The molecule has 2 aliphatic heterocycles. The Kier molecular flexibility index (Phi) is 8.02. The van der Waals surface area contributed by atoms with Gasteiger partial charge in [-0.3, -0.25) is 9.59 Å². The van der Waals surface area contributed by atoms with Crippen LogP contribution >= 0.6 is 23.4 Å². The van der Waals surface area contributed by atoms with Crippen molar-refractivity contribution in [1.82, 2.24) is 9.80 Å². The Morgan fingerprint density at radius 3 is 2.18 bits per heavy atom. The summed E-state index contributed by atoms with van der Waals surface area (Å²) in [5.41, 5.74) is 2.74. The molecule has 2 heterocycles. The molecule has 2 amide bonds. The van der Waals surface area contributed by atoms with Crippen LogP contribution < -0.4 is 0 Å². The highest BCUT2D eigenvalue weighted by Crippen LogP contribution is 2.44. The minimum Gasteiger partial charge on any atom is -0.338 e. The number of carbonyl (C=O) groups excluding carboxylic acids is 2. The van der Waals surface area contributed by atoms with Crippen LogP contribution in [0.4, 0.5) is 0 Å². The van der Waals surface area contributed by atoms with Gasteiger partial charge >= 0.3 is 0 Å². The maximum atomic E-state index is 13.2. The molecular weight excluding hydrogens is 452 g/mol. The molecule has 2 aliphatic rings. The number of hydrogen-bond donors (Lipinski definition) is 0. The fourth-order valence-corrected chi connectivity index (χ4v) is 6.45. The van der Waals surface area contributed by atoms with Gasteiger partial charge in [-0.25, -0.2) is 0 Å². The van der Waals surface area contributed by atoms with E-state index in [-0.39, 0.29) is 16.7 Å². The molecule has 0 bridgehead atoms. The van der Waals surface area contributed by atoms with E-state index >= 15 is 0 Å². The molecule has 0 saturated carbocycles. The standard InChI is InChI=1S/C27H33ClN2O2S/c1-2-3-4-5-6-21-7-9-22(10-8-21)25(31)29-17-15-27(16-18-29)30(19-20-33-27)26(32)23-11-13-24(28)14-12-23/h7-14H,2-6,15-20H2,1H3. The number of unbranched alkanes of at least 4 members (excludes halogenated alkanes) is 3. The van der Waals surface area contributed by atoms with Crippen LogP contribution in [0.15, 0.2) is 48.5 Å². The predicted molar refractivity (Wildman–Crippen MR) is 137 cm³/mol.